The largest absolute Gasteiger partial charge is 0.293 e. The number of carbonyl (C=O) groups is 1. The summed E-state index contributed by atoms with van der Waals surface area (Å²) >= 11 is 0. The Morgan fingerprint density at radius 2 is 1.71 bits per heavy atom. The van der Waals surface area contributed by atoms with E-state index in [0.29, 0.717) is 5.56 Å². The Kier molecular flexibility index (Phi) is 5.17. The van der Waals surface area contributed by atoms with Crippen molar-refractivity contribution in [3.05, 3.63) is 35.9 Å². The molecule has 1 saturated carbocycles. The van der Waals surface area contributed by atoms with E-state index in [2.05, 4.69) is 0 Å². The van der Waals surface area contributed by atoms with Gasteiger partial charge in [-0.3, -0.25) is 4.79 Å². The van der Waals surface area contributed by atoms with E-state index in [0.717, 1.165) is 25.7 Å². The van der Waals surface area contributed by atoms with Gasteiger partial charge in [0.05, 0.1) is 0 Å². The van der Waals surface area contributed by atoms with Gasteiger partial charge in [-0.2, -0.15) is 0 Å². The second-order valence-electron chi connectivity index (χ2n) is 5.73. The number of rotatable bonds is 5. The van der Waals surface area contributed by atoms with Crippen LogP contribution in [0, 0.1) is 0 Å². The molecule has 1 fully saturated rings. The molecule has 1 unspecified atom stereocenters. The van der Waals surface area contributed by atoms with Gasteiger partial charge >= 0.3 is 0 Å². The molecule has 116 valence electrons. The lowest BCUT2D eigenvalue weighted by molar-refractivity contribution is 0.0988. The molecule has 0 aliphatic heterocycles. The molecular formula is C16H23NO3S. The number of carbonyl (C=O) groups excluding carboxylic acids is 1. The van der Waals surface area contributed by atoms with E-state index in [1.807, 2.05) is 6.07 Å². The van der Waals surface area contributed by atoms with Crippen LogP contribution in [-0.2, 0) is 10.0 Å². The maximum atomic E-state index is 12.6. The van der Waals surface area contributed by atoms with Crippen LogP contribution in [0.2, 0.25) is 0 Å². The van der Waals surface area contributed by atoms with E-state index < -0.39 is 15.3 Å². The normalized spacial score (nSPS) is 18.6. The number of sulfonamides is 1. The molecule has 21 heavy (non-hydrogen) atoms. The van der Waals surface area contributed by atoms with Gasteiger partial charge in [0.1, 0.15) is 5.25 Å². The first kappa shape index (κ1) is 16.2. The molecular weight excluding hydrogens is 286 g/mol. The van der Waals surface area contributed by atoms with Crippen molar-refractivity contribution in [2.24, 2.45) is 0 Å². The average Bonchev–Trinajstić information content (AvgIpc) is 2.54. The summed E-state index contributed by atoms with van der Waals surface area (Å²) in [6, 6.07) is 8.66. The standard InChI is InChI=1S/C16H23NO3S/c1-13(16(18)14-9-5-3-6-10-14)21(19,20)17(2)15-11-7-4-8-12-15/h3,5-6,9-10,13,15H,4,7-8,11-12H2,1-2H3. The number of nitrogens with zero attached hydrogens (tertiary/aromatic N) is 1. The highest BCUT2D eigenvalue weighted by atomic mass is 32.2. The Labute approximate surface area is 127 Å². The molecule has 0 N–H and O–H groups in total. The molecule has 0 radical (unpaired) electrons. The summed E-state index contributed by atoms with van der Waals surface area (Å²) in [7, 11) is -1.99. The Morgan fingerprint density at radius 1 is 1.14 bits per heavy atom. The Morgan fingerprint density at radius 3 is 2.29 bits per heavy atom. The van der Waals surface area contributed by atoms with Crippen LogP contribution in [0.15, 0.2) is 30.3 Å². The minimum Gasteiger partial charge on any atom is -0.293 e. The van der Waals surface area contributed by atoms with Crippen molar-refractivity contribution in [1.82, 2.24) is 4.31 Å². The van der Waals surface area contributed by atoms with Crippen LogP contribution in [0.25, 0.3) is 0 Å². The highest BCUT2D eigenvalue weighted by molar-refractivity contribution is 7.90. The molecule has 0 spiro atoms. The molecule has 0 bridgehead atoms. The highest BCUT2D eigenvalue weighted by Crippen LogP contribution is 2.25. The first-order chi connectivity index (χ1) is 9.94. The van der Waals surface area contributed by atoms with Crippen molar-refractivity contribution in [2.45, 2.75) is 50.3 Å². The predicted octanol–water partition coefficient (Wildman–Crippen LogP) is 2.85. The van der Waals surface area contributed by atoms with Gasteiger partial charge in [0.25, 0.3) is 0 Å². The van der Waals surface area contributed by atoms with Crippen LogP contribution in [0.3, 0.4) is 0 Å². The fourth-order valence-corrected chi connectivity index (χ4v) is 4.41. The first-order valence-corrected chi connectivity index (χ1v) is 9.01. The van der Waals surface area contributed by atoms with Crippen molar-refractivity contribution in [3.8, 4) is 0 Å². The fraction of sp³-hybridized carbons (Fsp3) is 0.562. The zero-order chi connectivity index (χ0) is 15.5. The molecule has 2 rings (SSSR count). The molecule has 0 aromatic heterocycles. The average molecular weight is 309 g/mol. The van der Waals surface area contributed by atoms with Crippen LogP contribution in [0.5, 0.6) is 0 Å². The van der Waals surface area contributed by atoms with Crippen LogP contribution < -0.4 is 0 Å². The van der Waals surface area contributed by atoms with E-state index in [4.69, 9.17) is 0 Å². The van der Waals surface area contributed by atoms with Crippen LogP contribution >= 0.6 is 0 Å². The molecule has 1 aromatic rings. The topological polar surface area (TPSA) is 54.5 Å². The van der Waals surface area contributed by atoms with Crippen molar-refractivity contribution in [1.29, 1.82) is 0 Å². The Bertz CT molecular complexity index is 577. The molecule has 5 heteroatoms. The molecule has 1 aromatic carbocycles. The van der Waals surface area contributed by atoms with E-state index >= 15 is 0 Å². The van der Waals surface area contributed by atoms with Crippen LogP contribution in [0.4, 0.5) is 0 Å². The van der Waals surface area contributed by atoms with Gasteiger partial charge in [0.15, 0.2) is 5.78 Å². The van der Waals surface area contributed by atoms with Crippen molar-refractivity contribution < 1.29 is 13.2 Å². The third kappa shape index (κ3) is 3.52. The van der Waals surface area contributed by atoms with E-state index in [9.17, 15) is 13.2 Å². The van der Waals surface area contributed by atoms with Gasteiger partial charge in [0, 0.05) is 18.7 Å². The van der Waals surface area contributed by atoms with Gasteiger partial charge in [-0.25, -0.2) is 12.7 Å². The lowest BCUT2D eigenvalue weighted by Crippen LogP contribution is -2.45. The molecule has 0 amide bonds. The summed E-state index contributed by atoms with van der Waals surface area (Å²) in [5.41, 5.74) is 0.450. The quantitative estimate of drug-likeness (QED) is 0.786. The summed E-state index contributed by atoms with van der Waals surface area (Å²) in [6.07, 6.45) is 5.07. The SMILES string of the molecule is CC(C(=O)c1ccccc1)S(=O)(=O)N(C)C1CCCCC1. The van der Waals surface area contributed by atoms with Gasteiger partial charge in [-0.05, 0) is 19.8 Å². The van der Waals surface area contributed by atoms with E-state index in [-0.39, 0.29) is 11.8 Å². The maximum absolute atomic E-state index is 12.6. The summed E-state index contributed by atoms with van der Waals surface area (Å²) in [6.45, 7) is 1.49. The third-order valence-electron chi connectivity index (χ3n) is 4.36. The van der Waals surface area contributed by atoms with Crippen LogP contribution in [0.1, 0.15) is 49.4 Å². The predicted molar refractivity (Wildman–Crippen MR) is 83.8 cm³/mol. The summed E-state index contributed by atoms with van der Waals surface area (Å²) in [5.74, 6) is -0.335. The number of Topliss-reactive ketones (excluding diaryl/α,β-unsaturated/α-hetero) is 1. The van der Waals surface area contributed by atoms with Crippen LogP contribution in [-0.4, -0.2) is 36.8 Å². The molecule has 0 saturated heterocycles. The van der Waals surface area contributed by atoms with Gasteiger partial charge < -0.3 is 0 Å². The fourth-order valence-electron chi connectivity index (χ4n) is 2.87. The molecule has 1 aliphatic rings. The maximum Gasteiger partial charge on any atom is 0.224 e. The smallest absolute Gasteiger partial charge is 0.224 e. The lowest BCUT2D eigenvalue weighted by Gasteiger charge is -2.32. The number of hydrogen-bond donors (Lipinski definition) is 0. The third-order valence-corrected chi connectivity index (χ3v) is 6.57. The van der Waals surface area contributed by atoms with Gasteiger partial charge in [-0.15, -0.1) is 0 Å². The van der Waals surface area contributed by atoms with Crippen molar-refractivity contribution >= 4 is 15.8 Å². The number of hydrogen-bond acceptors (Lipinski definition) is 3. The first-order valence-electron chi connectivity index (χ1n) is 7.50. The van der Waals surface area contributed by atoms with Gasteiger partial charge in [0.2, 0.25) is 10.0 Å². The minimum atomic E-state index is -3.60. The molecule has 1 aliphatic carbocycles. The molecule has 4 nitrogen and oxygen atoms in total. The summed E-state index contributed by atoms with van der Waals surface area (Å²) in [5, 5.41) is -1.04. The van der Waals surface area contributed by atoms with E-state index in [1.165, 1.54) is 17.6 Å². The molecule has 0 heterocycles. The second-order valence-corrected chi connectivity index (χ2v) is 8.04. The van der Waals surface area contributed by atoms with Gasteiger partial charge in [-0.1, -0.05) is 49.6 Å². The summed E-state index contributed by atoms with van der Waals surface area (Å²) < 4.78 is 26.7. The highest BCUT2D eigenvalue weighted by Gasteiger charge is 2.36. The zero-order valence-electron chi connectivity index (χ0n) is 12.7. The molecule has 1 atom stereocenters. The van der Waals surface area contributed by atoms with Crippen molar-refractivity contribution in [3.63, 3.8) is 0 Å². The minimum absolute atomic E-state index is 0.0368. The monoisotopic (exact) mass is 309 g/mol. The summed E-state index contributed by atoms with van der Waals surface area (Å²) in [4.78, 5) is 12.4. The van der Waals surface area contributed by atoms with Crippen molar-refractivity contribution in [2.75, 3.05) is 7.05 Å². The number of ketones is 1. The lowest BCUT2D eigenvalue weighted by atomic mass is 9.96. The second kappa shape index (κ2) is 6.71. The Hall–Kier alpha value is -1.20. The zero-order valence-corrected chi connectivity index (χ0v) is 13.5. The number of benzene rings is 1. The Balaban J connectivity index is 2.16. The van der Waals surface area contributed by atoms with E-state index in [1.54, 1.807) is 31.3 Å².